The van der Waals surface area contributed by atoms with E-state index >= 15 is 0 Å². The summed E-state index contributed by atoms with van der Waals surface area (Å²) in [6.07, 6.45) is 0. The van der Waals surface area contributed by atoms with Crippen LogP contribution in [0.15, 0.2) is 16.9 Å². The van der Waals surface area contributed by atoms with Gasteiger partial charge in [-0.1, -0.05) is 0 Å². The number of hydrogen-bond donors (Lipinski definition) is 2. The number of aromatic hydroxyl groups is 1. The van der Waals surface area contributed by atoms with Crippen LogP contribution < -0.4 is 5.56 Å². The maximum atomic E-state index is 12.1. The molecule has 0 spiro atoms. The molecule has 1 aromatic heterocycles. The van der Waals surface area contributed by atoms with Crippen molar-refractivity contribution in [2.24, 2.45) is 0 Å². The fourth-order valence-corrected chi connectivity index (χ4v) is 2.81. The lowest BCUT2D eigenvalue weighted by Gasteiger charge is -2.19. The predicted octanol–water partition coefficient (Wildman–Crippen LogP) is 3.10. The third-order valence-corrected chi connectivity index (χ3v) is 3.48. The van der Waals surface area contributed by atoms with E-state index in [9.17, 15) is 14.7 Å². The third kappa shape index (κ3) is 3.20. The number of rotatable bonds is 1. The summed E-state index contributed by atoms with van der Waals surface area (Å²) in [5.41, 5.74) is -0.422. The zero-order chi connectivity index (χ0) is 15.9. The van der Waals surface area contributed by atoms with E-state index in [0.29, 0.717) is 10.9 Å². The smallest absolute Gasteiger partial charge is 0.348 e. The molecule has 2 rings (SSSR count). The molecule has 0 atom stereocenters. The van der Waals surface area contributed by atoms with Crippen LogP contribution in [0, 0.1) is 10.5 Å². The number of esters is 1. The van der Waals surface area contributed by atoms with Crippen LogP contribution in [-0.2, 0) is 4.74 Å². The van der Waals surface area contributed by atoms with Gasteiger partial charge in [0.25, 0.3) is 5.56 Å². The molecule has 0 unspecified atom stereocenters. The van der Waals surface area contributed by atoms with Crippen LogP contribution in [0.1, 0.15) is 36.7 Å². The Morgan fingerprint density at radius 2 is 1.95 bits per heavy atom. The maximum Gasteiger partial charge on any atom is 0.348 e. The topological polar surface area (TPSA) is 79.4 Å². The Morgan fingerprint density at radius 3 is 2.52 bits per heavy atom. The van der Waals surface area contributed by atoms with Crippen molar-refractivity contribution in [1.29, 1.82) is 0 Å². The Kier molecular flexibility index (Phi) is 4.01. The predicted molar refractivity (Wildman–Crippen MR) is 88.9 cm³/mol. The van der Waals surface area contributed by atoms with Gasteiger partial charge in [0.15, 0.2) is 5.56 Å². The van der Waals surface area contributed by atoms with E-state index in [0.717, 1.165) is 9.13 Å². The van der Waals surface area contributed by atoms with Crippen molar-refractivity contribution in [1.82, 2.24) is 4.98 Å². The summed E-state index contributed by atoms with van der Waals surface area (Å²) in [5.74, 6) is -1.18. The van der Waals surface area contributed by atoms with Crippen molar-refractivity contribution in [2.75, 3.05) is 0 Å². The van der Waals surface area contributed by atoms with Gasteiger partial charge in [0.05, 0.1) is 5.52 Å². The van der Waals surface area contributed by atoms with Gasteiger partial charge in [-0.3, -0.25) is 4.79 Å². The molecule has 0 radical (unpaired) electrons. The molecule has 0 fully saturated rings. The molecule has 0 bridgehead atoms. The van der Waals surface area contributed by atoms with E-state index < -0.39 is 17.1 Å². The standard InChI is InChI=1S/C15H16INO4/c1-7-5-8(16)6-9-11(7)17-13(19)10(12(9)18)14(20)21-15(2,3)4/h5-6H,1-4H3,(H2,17,18,19). The van der Waals surface area contributed by atoms with Crippen LogP contribution in [0.3, 0.4) is 0 Å². The largest absolute Gasteiger partial charge is 0.506 e. The summed E-state index contributed by atoms with van der Waals surface area (Å²) < 4.78 is 6.07. The molecule has 2 N–H and O–H groups in total. The fraction of sp³-hybridized carbons (Fsp3) is 0.333. The molecule has 5 nitrogen and oxygen atoms in total. The first-order valence-corrected chi connectivity index (χ1v) is 7.46. The Hall–Kier alpha value is -1.57. The van der Waals surface area contributed by atoms with Gasteiger partial charge in [-0.05, 0) is 68.0 Å². The van der Waals surface area contributed by atoms with Gasteiger partial charge in [-0.2, -0.15) is 0 Å². The van der Waals surface area contributed by atoms with Crippen molar-refractivity contribution < 1.29 is 14.6 Å². The zero-order valence-electron chi connectivity index (χ0n) is 12.2. The van der Waals surface area contributed by atoms with Crippen LogP contribution in [0.4, 0.5) is 0 Å². The maximum absolute atomic E-state index is 12.1. The number of pyridine rings is 1. The molecule has 21 heavy (non-hydrogen) atoms. The molecule has 1 heterocycles. The highest BCUT2D eigenvalue weighted by atomic mass is 127. The minimum atomic E-state index is -0.834. The van der Waals surface area contributed by atoms with Crippen molar-refractivity contribution in [3.63, 3.8) is 0 Å². The van der Waals surface area contributed by atoms with Crippen molar-refractivity contribution in [3.8, 4) is 5.75 Å². The Morgan fingerprint density at radius 1 is 1.33 bits per heavy atom. The highest BCUT2D eigenvalue weighted by Crippen LogP contribution is 2.29. The molecule has 0 aliphatic rings. The van der Waals surface area contributed by atoms with E-state index in [4.69, 9.17) is 4.74 Å². The number of halogens is 1. The summed E-state index contributed by atoms with van der Waals surface area (Å²) in [6.45, 7) is 6.92. The van der Waals surface area contributed by atoms with Crippen LogP contribution in [-0.4, -0.2) is 21.7 Å². The Bertz CT molecular complexity index is 787. The number of carbonyl (C=O) groups excluding carboxylic acids is 1. The molecular weight excluding hydrogens is 385 g/mol. The minimum absolute atomic E-state index is 0.343. The Labute approximate surface area is 135 Å². The first-order chi connectivity index (χ1) is 9.60. The molecule has 0 amide bonds. The highest BCUT2D eigenvalue weighted by Gasteiger charge is 2.25. The van der Waals surface area contributed by atoms with Crippen LogP contribution >= 0.6 is 22.6 Å². The first-order valence-electron chi connectivity index (χ1n) is 6.38. The molecule has 0 aliphatic carbocycles. The van der Waals surface area contributed by atoms with Gasteiger partial charge in [-0.15, -0.1) is 0 Å². The summed E-state index contributed by atoms with van der Waals surface area (Å²) in [6, 6.07) is 3.59. The second kappa shape index (κ2) is 5.32. The monoisotopic (exact) mass is 401 g/mol. The minimum Gasteiger partial charge on any atom is -0.506 e. The van der Waals surface area contributed by atoms with Gasteiger partial charge in [0.2, 0.25) is 0 Å². The molecule has 112 valence electrons. The van der Waals surface area contributed by atoms with Gasteiger partial charge in [0.1, 0.15) is 11.4 Å². The van der Waals surface area contributed by atoms with Crippen molar-refractivity contribution in [3.05, 3.63) is 37.2 Å². The quantitative estimate of drug-likeness (QED) is 0.569. The number of nitrogens with one attached hydrogen (secondary N) is 1. The number of ether oxygens (including phenoxy) is 1. The van der Waals surface area contributed by atoms with E-state index in [1.54, 1.807) is 26.8 Å². The number of benzene rings is 1. The normalized spacial score (nSPS) is 11.7. The molecule has 0 saturated heterocycles. The number of carbonyl (C=O) groups is 1. The highest BCUT2D eigenvalue weighted by molar-refractivity contribution is 14.1. The molecule has 0 aliphatic heterocycles. The fourth-order valence-electron chi connectivity index (χ4n) is 2.03. The molecule has 2 aromatic rings. The second-order valence-corrected chi connectivity index (χ2v) is 7.07. The molecule has 6 heteroatoms. The summed E-state index contributed by atoms with van der Waals surface area (Å²) in [4.78, 5) is 26.9. The zero-order valence-corrected chi connectivity index (χ0v) is 14.4. The number of aryl methyl sites for hydroxylation is 1. The van der Waals surface area contributed by atoms with E-state index in [2.05, 4.69) is 27.6 Å². The van der Waals surface area contributed by atoms with Crippen molar-refractivity contribution in [2.45, 2.75) is 33.3 Å². The summed E-state index contributed by atoms with van der Waals surface area (Å²) in [5, 5.41) is 10.8. The van der Waals surface area contributed by atoms with Crippen LogP contribution in [0.25, 0.3) is 10.9 Å². The number of fused-ring (bicyclic) bond motifs is 1. The van der Waals surface area contributed by atoms with Gasteiger partial charge >= 0.3 is 5.97 Å². The lowest BCUT2D eigenvalue weighted by molar-refractivity contribution is 0.00651. The molecular formula is C15H16INO4. The number of hydrogen-bond acceptors (Lipinski definition) is 4. The first kappa shape index (κ1) is 15.8. The van der Waals surface area contributed by atoms with Crippen LogP contribution in [0.2, 0.25) is 0 Å². The number of H-pyrrole nitrogens is 1. The van der Waals surface area contributed by atoms with Gasteiger partial charge < -0.3 is 14.8 Å². The Balaban J connectivity index is 2.72. The average molecular weight is 401 g/mol. The van der Waals surface area contributed by atoms with Crippen LogP contribution in [0.5, 0.6) is 5.75 Å². The summed E-state index contributed by atoms with van der Waals surface area (Å²) >= 11 is 2.11. The average Bonchev–Trinajstić information content (AvgIpc) is 2.28. The van der Waals surface area contributed by atoms with Gasteiger partial charge in [-0.25, -0.2) is 4.79 Å². The lowest BCUT2D eigenvalue weighted by Crippen LogP contribution is -2.28. The number of aromatic nitrogens is 1. The number of aromatic amines is 1. The second-order valence-electron chi connectivity index (χ2n) is 5.82. The summed E-state index contributed by atoms with van der Waals surface area (Å²) in [7, 11) is 0. The SMILES string of the molecule is Cc1cc(I)cc2c(O)c(C(=O)OC(C)(C)C)c(=O)[nH]c12. The van der Waals surface area contributed by atoms with Crippen molar-refractivity contribution >= 4 is 39.5 Å². The van der Waals surface area contributed by atoms with E-state index in [1.807, 2.05) is 13.0 Å². The lowest BCUT2D eigenvalue weighted by atomic mass is 10.1. The third-order valence-electron chi connectivity index (χ3n) is 2.86. The van der Waals surface area contributed by atoms with E-state index in [-0.39, 0.29) is 11.3 Å². The van der Waals surface area contributed by atoms with Gasteiger partial charge in [0, 0.05) is 8.96 Å². The molecule has 1 aromatic carbocycles. The molecule has 0 saturated carbocycles. The van der Waals surface area contributed by atoms with E-state index in [1.165, 1.54) is 0 Å².